The molecule has 3 heteroatoms. The predicted molar refractivity (Wildman–Crippen MR) is 44.9 cm³/mol. The Kier molecular flexibility index (Phi) is 2.01. The number of thiazole rings is 1. The fourth-order valence-corrected chi connectivity index (χ4v) is 1.54. The van der Waals surface area contributed by atoms with E-state index in [0.717, 1.165) is 8.71 Å². The lowest BCUT2D eigenvalue weighted by molar-refractivity contribution is 1.34. The van der Waals surface area contributed by atoms with Gasteiger partial charge in [-0.25, -0.2) is 4.98 Å². The fraction of sp³-hybridized carbons (Fsp3) is 0. The number of hydrogen-bond acceptors (Lipinski definition) is 2. The number of hydrogen-bond donors (Lipinski definition) is 0. The number of aromatic nitrogens is 1. The van der Waals surface area contributed by atoms with E-state index in [4.69, 9.17) is 0 Å². The van der Waals surface area contributed by atoms with Gasteiger partial charge in [-0.15, -0.1) is 11.3 Å². The van der Waals surface area contributed by atoms with Crippen molar-refractivity contribution in [3.8, 4) is 0 Å². The molecule has 0 aliphatic carbocycles. The van der Waals surface area contributed by atoms with Crippen LogP contribution in [-0.4, -0.2) is 4.98 Å². The molecule has 0 aromatic carbocycles. The lowest BCUT2D eigenvalue weighted by Gasteiger charge is -1.72. The van der Waals surface area contributed by atoms with Crippen molar-refractivity contribution >= 4 is 40.0 Å². The van der Waals surface area contributed by atoms with Gasteiger partial charge in [0.05, 0.1) is 5.69 Å². The summed E-state index contributed by atoms with van der Waals surface area (Å²) in [5.41, 5.74) is 0.972. The topological polar surface area (TPSA) is 12.9 Å². The highest BCUT2D eigenvalue weighted by Gasteiger charge is 1.90. The molecule has 8 heavy (non-hydrogen) atoms. The van der Waals surface area contributed by atoms with Crippen LogP contribution in [0.2, 0.25) is 0 Å². The third-order valence-electron chi connectivity index (χ3n) is 0.703. The molecule has 0 unspecified atom stereocenters. The molecule has 0 atom stereocenters. The van der Waals surface area contributed by atoms with Crippen molar-refractivity contribution in [2.75, 3.05) is 0 Å². The quantitative estimate of drug-likeness (QED) is 0.683. The Hall–Kier alpha value is 0.1000. The zero-order chi connectivity index (χ0) is 5.98. The standard InChI is InChI=1S/C5H4INS/c1-2-4-3-8-5(6)7-4/h2-3H,1H2. The summed E-state index contributed by atoms with van der Waals surface area (Å²) in [5.74, 6) is 0. The van der Waals surface area contributed by atoms with Crippen LogP contribution >= 0.6 is 33.9 Å². The van der Waals surface area contributed by atoms with E-state index < -0.39 is 0 Å². The molecular formula is C5H4INS. The summed E-state index contributed by atoms with van der Waals surface area (Å²) in [5, 5.41) is 1.98. The Bertz CT molecular complexity index is 194. The van der Waals surface area contributed by atoms with Crippen molar-refractivity contribution in [1.29, 1.82) is 0 Å². The van der Waals surface area contributed by atoms with Crippen LogP contribution < -0.4 is 0 Å². The molecule has 0 saturated carbocycles. The van der Waals surface area contributed by atoms with E-state index in [-0.39, 0.29) is 0 Å². The Labute approximate surface area is 65.6 Å². The van der Waals surface area contributed by atoms with Gasteiger partial charge in [0.15, 0.2) is 3.01 Å². The Morgan fingerprint density at radius 3 is 2.88 bits per heavy atom. The molecule has 0 fully saturated rings. The van der Waals surface area contributed by atoms with Crippen LogP contribution in [0.4, 0.5) is 0 Å². The maximum Gasteiger partial charge on any atom is 0.154 e. The summed E-state index contributed by atoms with van der Waals surface area (Å²) in [4.78, 5) is 4.12. The average Bonchev–Trinajstić information content (AvgIpc) is 2.14. The molecule has 1 nitrogen and oxygen atoms in total. The van der Waals surface area contributed by atoms with Crippen molar-refractivity contribution < 1.29 is 0 Å². The first-order chi connectivity index (χ1) is 3.83. The van der Waals surface area contributed by atoms with E-state index in [0.29, 0.717) is 0 Å². The zero-order valence-corrected chi connectivity index (χ0v) is 7.07. The van der Waals surface area contributed by atoms with Gasteiger partial charge >= 0.3 is 0 Å². The minimum absolute atomic E-state index is 0.972. The Balaban J connectivity index is 3.00. The molecule has 0 bridgehead atoms. The van der Waals surface area contributed by atoms with E-state index in [2.05, 4.69) is 34.2 Å². The second kappa shape index (κ2) is 2.59. The summed E-state index contributed by atoms with van der Waals surface area (Å²) in [6.07, 6.45) is 1.75. The summed E-state index contributed by atoms with van der Waals surface area (Å²) in [6, 6.07) is 0. The van der Waals surface area contributed by atoms with Crippen LogP contribution in [0.5, 0.6) is 0 Å². The number of halogens is 1. The molecule has 1 rings (SSSR count). The van der Waals surface area contributed by atoms with Gasteiger partial charge in [0, 0.05) is 5.38 Å². The van der Waals surface area contributed by atoms with E-state index in [9.17, 15) is 0 Å². The molecule has 0 amide bonds. The summed E-state index contributed by atoms with van der Waals surface area (Å²) >= 11 is 3.82. The highest BCUT2D eigenvalue weighted by molar-refractivity contribution is 14.1. The van der Waals surface area contributed by atoms with Crippen LogP contribution in [0.25, 0.3) is 6.08 Å². The molecule has 0 N–H and O–H groups in total. The molecule has 1 aromatic heterocycles. The maximum atomic E-state index is 4.12. The highest BCUT2D eigenvalue weighted by atomic mass is 127. The van der Waals surface area contributed by atoms with Gasteiger partial charge < -0.3 is 0 Å². The SMILES string of the molecule is C=Cc1csc(I)n1. The van der Waals surface area contributed by atoms with Crippen LogP contribution in [0.3, 0.4) is 0 Å². The Morgan fingerprint density at radius 1 is 1.88 bits per heavy atom. The summed E-state index contributed by atoms with van der Waals surface area (Å²) < 4.78 is 1.07. The highest BCUT2D eigenvalue weighted by Crippen LogP contribution is 2.11. The zero-order valence-electron chi connectivity index (χ0n) is 4.10. The first-order valence-corrected chi connectivity index (χ1v) is 4.02. The van der Waals surface area contributed by atoms with E-state index >= 15 is 0 Å². The van der Waals surface area contributed by atoms with Crippen LogP contribution in [-0.2, 0) is 0 Å². The molecule has 0 aliphatic rings. The van der Waals surface area contributed by atoms with Gasteiger partial charge in [-0.2, -0.15) is 0 Å². The number of rotatable bonds is 1. The molecule has 42 valence electrons. The fourth-order valence-electron chi connectivity index (χ4n) is 0.357. The van der Waals surface area contributed by atoms with E-state index in [1.54, 1.807) is 17.4 Å². The van der Waals surface area contributed by atoms with Gasteiger partial charge in [-0.1, -0.05) is 6.58 Å². The largest absolute Gasteiger partial charge is 0.231 e. The minimum atomic E-state index is 0.972. The van der Waals surface area contributed by atoms with Gasteiger partial charge in [-0.3, -0.25) is 0 Å². The van der Waals surface area contributed by atoms with Crippen LogP contribution in [0.1, 0.15) is 5.69 Å². The van der Waals surface area contributed by atoms with Crippen LogP contribution in [0.15, 0.2) is 12.0 Å². The van der Waals surface area contributed by atoms with Crippen molar-refractivity contribution in [3.63, 3.8) is 0 Å². The smallest absolute Gasteiger partial charge is 0.154 e. The summed E-state index contributed by atoms with van der Waals surface area (Å²) in [6.45, 7) is 3.59. The first-order valence-electron chi connectivity index (χ1n) is 2.06. The Morgan fingerprint density at radius 2 is 2.62 bits per heavy atom. The molecule has 1 heterocycles. The van der Waals surface area contributed by atoms with Gasteiger partial charge in [-0.05, 0) is 28.7 Å². The third kappa shape index (κ3) is 1.29. The van der Waals surface area contributed by atoms with Crippen molar-refractivity contribution in [1.82, 2.24) is 4.98 Å². The molecule has 1 aromatic rings. The van der Waals surface area contributed by atoms with Crippen molar-refractivity contribution in [3.05, 3.63) is 20.7 Å². The molecular weight excluding hydrogens is 233 g/mol. The van der Waals surface area contributed by atoms with Gasteiger partial charge in [0.25, 0.3) is 0 Å². The van der Waals surface area contributed by atoms with Gasteiger partial charge in [0.1, 0.15) is 0 Å². The second-order valence-corrected chi connectivity index (χ2v) is 3.84. The summed E-state index contributed by atoms with van der Waals surface area (Å²) in [7, 11) is 0. The molecule has 0 spiro atoms. The monoisotopic (exact) mass is 237 g/mol. The lowest BCUT2D eigenvalue weighted by Crippen LogP contribution is -1.67. The number of nitrogens with zero attached hydrogens (tertiary/aromatic N) is 1. The van der Waals surface area contributed by atoms with Crippen molar-refractivity contribution in [2.45, 2.75) is 0 Å². The van der Waals surface area contributed by atoms with Crippen LogP contribution in [0, 0.1) is 3.01 Å². The predicted octanol–water partition coefficient (Wildman–Crippen LogP) is 2.39. The lowest BCUT2D eigenvalue weighted by atomic mass is 10.5. The van der Waals surface area contributed by atoms with Gasteiger partial charge in [0.2, 0.25) is 0 Å². The second-order valence-electron chi connectivity index (χ2n) is 1.23. The van der Waals surface area contributed by atoms with E-state index in [1.165, 1.54) is 0 Å². The van der Waals surface area contributed by atoms with Crippen molar-refractivity contribution in [2.24, 2.45) is 0 Å². The molecule has 0 aliphatic heterocycles. The molecule has 0 radical (unpaired) electrons. The minimum Gasteiger partial charge on any atom is -0.231 e. The first kappa shape index (κ1) is 6.22. The van der Waals surface area contributed by atoms with E-state index in [1.807, 2.05) is 5.38 Å². The average molecular weight is 237 g/mol. The maximum absolute atomic E-state index is 4.12. The third-order valence-corrected chi connectivity index (χ3v) is 2.35. The molecule has 0 saturated heterocycles. The normalized spacial score (nSPS) is 9.12.